The molecule has 1 unspecified atom stereocenters. The van der Waals surface area contributed by atoms with Crippen molar-refractivity contribution in [2.75, 3.05) is 11.6 Å². The van der Waals surface area contributed by atoms with Gasteiger partial charge < -0.3 is 10.1 Å². The quantitative estimate of drug-likeness (QED) is 0.744. The molecule has 122 valence electrons. The molecule has 1 N–H and O–H groups in total. The summed E-state index contributed by atoms with van der Waals surface area (Å²) in [5.74, 6) is 0.607. The first-order valence-corrected chi connectivity index (χ1v) is 9.09. The summed E-state index contributed by atoms with van der Waals surface area (Å²) in [5, 5.41) is 2.97. The molecule has 23 heavy (non-hydrogen) atoms. The molecule has 0 bridgehead atoms. The summed E-state index contributed by atoms with van der Waals surface area (Å²) in [6.45, 7) is 4.06. The molecule has 3 nitrogen and oxygen atoms in total. The van der Waals surface area contributed by atoms with Crippen molar-refractivity contribution in [2.45, 2.75) is 37.7 Å². The summed E-state index contributed by atoms with van der Waals surface area (Å²) in [6.07, 6.45) is 3.10. The second-order valence-electron chi connectivity index (χ2n) is 5.20. The smallest absolute Gasteiger partial charge is 0.265 e. The Balaban J connectivity index is 2.05. The van der Waals surface area contributed by atoms with E-state index in [0.717, 1.165) is 22.8 Å². The largest absolute Gasteiger partial charge is 0.481 e. The summed E-state index contributed by atoms with van der Waals surface area (Å²) < 4.78 is 5.85. The van der Waals surface area contributed by atoms with Gasteiger partial charge in [-0.3, -0.25) is 4.79 Å². The second kappa shape index (κ2) is 8.63. The lowest BCUT2D eigenvalue weighted by atomic mass is 10.1. The van der Waals surface area contributed by atoms with Crippen LogP contribution >= 0.6 is 11.8 Å². The molecule has 0 aliphatic rings. The van der Waals surface area contributed by atoms with Crippen molar-refractivity contribution in [3.63, 3.8) is 0 Å². The third-order valence-electron chi connectivity index (χ3n) is 3.64. The Labute approximate surface area is 142 Å². The van der Waals surface area contributed by atoms with Gasteiger partial charge in [0.2, 0.25) is 0 Å². The number of carbonyl (C=O) groups excluding carboxylic acids is 1. The Bertz CT molecular complexity index is 640. The third-order valence-corrected chi connectivity index (χ3v) is 4.43. The summed E-state index contributed by atoms with van der Waals surface area (Å²) in [6, 6.07) is 15.7. The van der Waals surface area contributed by atoms with Crippen LogP contribution in [0.2, 0.25) is 0 Å². The number of hydrogen-bond donors (Lipinski definition) is 1. The lowest BCUT2D eigenvalue weighted by Gasteiger charge is -2.18. The van der Waals surface area contributed by atoms with Crippen molar-refractivity contribution in [3.05, 3.63) is 54.1 Å². The number of amides is 1. The van der Waals surface area contributed by atoms with Gasteiger partial charge in [-0.1, -0.05) is 38.1 Å². The van der Waals surface area contributed by atoms with E-state index in [4.69, 9.17) is 4.74 Å². The van der Waals surface area contributed by atoms with Crippen molar-refractivity contribution in [2.24, 2.45) is 0 Å². The van der Waals surface area contributed by atoms with Gasteiger partial charge in [-0.2, -0.15) is 0 Å². The van der Waals surface area contributed by atoms with E-state index in [9.17, 15) is 4.79 Å². The van der Waals surface area contributed by atoms with Crippen molar-refractivity contribution >= 4 is 23.4 Å². The summed E-state index contributed by atoms with van der Waals surface area (Å²) in [7, 11) is 0. The number of aryl methyl sites for hydroxylation is 1. The number of ether oxygens (including phenoxy) is 1. The Morgan fingerprint density at radius 1 is 1.13 bits per heavy atom. The first kappa shape index (κ1) is 17.4. The second-order valence-corrected chi connectivity index (χ2v) is 6.05. The molecule has 0 saturated carbocycles. The molecule has 0 aliphatic carbocycles. The van der Waals surface area contributed by atoms with Crippen molar-refractivity contribution in [1.29, 1.82) is 0 Å². The van der Waals surface area contributed by atoms with Crippen LogP contribution in [0.15, 0.2) is 53.4 Å². The van der Waals surface area contributed by atoms with Gasteiger partial charge in [-0.15, -0.1) is 11.8 Å². The van der Waals surface area contributed by atoms with Gasteiger partial charge in [0.05, 0.1) is 5.69 Å². The molecule has 0 radical (unpaired) electrons. The van der Waals surface area contributed by atoms with Crippen LogP contribution in [0.4, 0.5) is 5.69 Å². The molecule has 0 heterocycles. The molecule has 0 fully saturated rings. The van der Waals surface area contributed by atoms with Crippen molar-refractivity contribution < 1.29 is 9.53 Å². The van der Waals surface area contributed by atoms with Gasteiger partial charge in [-0.05, 0) is 48.9 Å². The minimum absolute atomic E-state index is 0.117. The molecule has 0 spiro atoms. The van der Waals surface area contributed by atoms with Gasteiger partial charge >= 0.3 is 0 Å². The minimum atomic E-state index is -0.502. The van der Waals surface area contributed by atoms with Crippen LogP contribution in [0.25, 0.3) is 0 Å². The number of rotatable bonds is 7. The first-order chi connectivity index (χ1) is 11.2. The zero-order valence-corrected chi connectivity index (χ0v) is 14.7. The van der Waals surface area contributed by atoms with Crippen LogP contribution in [-0.2, 0) is 11.2 Å². The summed E-state index contributed by atoms with van der Waals surface area (Å²) >= 11 is 1.61. The molecule has 4 heteroatoms. The number of para-hydroxylation sites is 1. The highest BCUT2D eigenvalue weighted by molar-refractivity contribution is 7.98. The molecule has 0 aromatic heterocycles. The Hall–Kier alpha value is -1.94. The van der Waals surface area contributed by atoms with E-state index >= 15 is 0 Å². The average molecular weight is 329 g/mol. The monoisotopic (exact) mass is 329 g/mol. The molecular formula is C19H23NO2S. The minimum Gasteiger partial charge on any atom is -0.481 e. The maximum Gasteiger partial charge on any atom is 0.265 e. The SMILES string of the molecule is CCc1ccc(OC(CC)C(=O)Nc2ccccc2SC)cc1. The zero-order valence-electron chi connectivity index (χ0n) is 13.8. The molecule has 1 atom stereocenters. The van der Waals surface area contributed by atoms with Gasteiger partial charge in [0.15, 0.2) is 6.10 Å². The number of carbonyl (C=O) groups is 1. The predicted octanol–water partition coefficient (Wildman–Crippen LogP) is 4.77. The van der Waals surface area contributed by atoms with Crippen LogP contribution in [0.3, 0.4) is 0 Å². The molecule has 1 amide bonds. The molecular weight excluding hydrogens is 306 g/mol. The Morgan fingerprint density at radius 2 is 1.83 bits per heavy atom. The summed E-state index contributed by atoms with van der Waals surface area (Å²) in [4.78, 5) is 13.5. The number of nitrogens with one attached hydrogen (secondary N) is 1. The van der Waals surface area contributed by atoms with Gasteiger partial charge in [0.25, 0.3) is 5.91 Å². The van der Waals surface area contributed by atoms with Gasteiger partial charge in [0, 0.05) is 4.90 Å². The van der Waals surface area contributed by atoms with E-state index in [-0.39, 0.29) is 5.91 Å². The Kier molecular flexibility index (Phi) is 6.53. The number of benzene rings is 2. The topological polar surface area (TPSA) is 38.3 Å². The van der Waals surface area contributed by atoms with Crippen molar-refractivity contribution in [1.82, 2.24) is 0 Å². The predicted molar refractivity (Wildman–Crippen MR) is 97.4 cm³/mol. The highest BCUT2D eigenvalue weighted by atomic mass is 32.2. The average Bonchev–Trinajstić information content (AvgIpc) is 2.60. The van der Waals surface area contributed by atoms with E-state index < -0.39 is 6.10 Å². The highest BCUT2D eigenvalue weighted by Crippen LogP contribution is 2.25. The number of thioether (sulfide) groups is 1. The Morgan fingerprint density at radius 3 is 2.43 bits per heavy atom. The molecule has 2 aromatic rings. The van der Waals surface area contributed by atoms with E-state index in [1.165, 1.54) is 5.56 Å². The fraction of sp³-hybridized carbons (Fsp3) is 0.316. The fourth-order valence-electron chi connectivity index (χ4n) is 2.25. The molecule has 2 aromatic carbocycles. The summed E-state index contributed by atoms with van der Waals surface area (Å²) in [5.41, 5.74) is 2.08. The third kappa shape index (κ3) is 4.76. The fourth-order valence-corrected chi connectivity index (χ4v) is 2.81. The zero-order chi connectivity index (χ0) is 16.7. The van der Waals surface area contributed by atoms with Crippen LogP contribution in [0, 0.1) is 0 Å². The molecule has 0 saturated heterocycles. The van der Waals surface area contributed by atoms with Crippen LogP contribution in [0.5, 0.6) is 5.75 Å². The lowest BCUT2D eigenvalue weighted by Crippen LogP contribution is -2.32. The number of hydrogen-bond acceptors (Lipinski definition) is 3. The standard InChI is InChI=1S/C19H23NO2S/c1-4-14-10-12-15(13-11-14)22-17(5-2)19(21)20-16-8-6-7-9-18(16)23-3/h6-13,17H,4-5H2,1-3H3,(H,20,21). The van der Waals surface area contributed by atoms with Crippen LogP contribution in [-0.4, -0.2) is 18.3 Å². The van der Waals surface area contributed by atoms with Crippen molar-refractivity contribution in [3.8, 4) is 5.75 Å². The normalized spacial score (nSPS) is 11.8. The van der Waals surface area contributed by atoms with Gasteiger partial charge in [0.1, 0.15) is 5.75 Å². The van der Waals surface area contributed by atoms with Gasteiger partial charge in [-0.25, -0.2) is 0 Å². The van der Waals surface area contributed by atoms with Crippen LogP contribution < -0.4 is 10.1 Å². The molecule has 2 rings (SSSR count). The van der Waals surface area contributed by atoms with E-state index in [1.54, 1.807) is 11.8 Å². The van der Waals surface area contributed by atoms with Crippen LogP contribution in [0.1, 0.15) is 25.8 Å². The highest BCUT2D eigenvalue weighted by Gasteiger charge is 2.19. The van der Waals surface area contributed by atoms with E-state index in [2.05, 4.69) is 12.2 Å². The maximum atomic E-state index is 12.5. The lowest BCUT2D eigenvalue weighted by molar-refractivity contribution is -0.122. The number of anilines is 1. The van der Waals surface area contributed by atoms with E-state index in [1.807, 2.05) is 61.7 Å². The first-order valence-electron chi connectivity index (χ1n) is 7.87. The molecule has 0 aliphatic heterocycles. The van der Waals surface area contributed by atoms with E-state index in [0.29, 0.717) is 6.42 Å². The maximum absolute atomic E-state index is 12.5.